The number of aliphatic hydroxyl groups is 2. The summed E-state index contributed by atoms with van der Waals surface area (Å²) in [5.41, 5.74) is 1.23. The normalized spacial score (nSPS) is 10.9. The average molecular weight is 267 g/mol. The van der Waals surface area contributed by atoms with Crippen LogP contribution in [-0.4, -0.2) is 28.4 Å². The molecule has 1 aromatic rings. The Kier molecular flexibility index (Phi) is 7.07. The fourth-order valence-electron chi connectivity index (χ4n) is 1.96. The van der Waals surface area contributed by atoms with E-state index < -0.39 is 4.92 Å². The zero-order valence-corrected chi connectivity index (χ0v) is 11.0. The van der Waals surface area contributed by atoms with Crippen molar-refractivity contribution in [1.29, 1.82) is 0 Å². The number of benzene rings is 1. The van der Waals surface area contributed by atoms with Gasteiger partial charge in [-0.1, -0.05) is 25.0 Å². The van der Waals surface area contributed by atoms with E-state index in [1.807, 2.05) is 0 Å². The molecule has 0 aromatic heterocycles. The van der Waals surface area contributed by atoms with E-state index in [1.165, 1.54) is 12.1 Å². The molecule has 0 amide bonds. The third-order valence-corrected chi connectivity index (χ3v) is 3.24. The van der Waals surface area contributed by atoms with E-state index in [1.54, 1.807) is 12.1 Å². The molecule has 0 bridgehead atoms. The minimum Gasteiger partial charge on any atom is -0.396 e. The van der Waals surface area contributed by atoms with Gasteiger partial charge in [0, 0.05) is 31.3 Å². The van der Waals surface area contributed by atoms with Crippen molar-refractivity contribution >= 4 is 5.69 Å². The predicted molar refractivity (Wildman–Crippen MR) is 72.9 cm³/mol. The van der Waals surface area contributed by atoms with Gasteiger partial charge in [0.05, 0.1) is 4.92 Å². The zero-order chi connectivity index (χ0) is 14.1. The zero-order valence-electron chi connectivity index (χ0n) is 11.0. The molecule has 0 unspecified atom stereocenters. The molecule has 19 heavy (non-hydrogen) atoms. The summed E-state index contributed by atoms with van der Waals surface area (Å²) >= 11 is 0. The molecule has 5 heteroatoms. The highest BCUT2D eigenvalue weighted by Gasteiger charge is 2.06. The van der Waals surface area contributed by atoms with Gasteiger partial charge >= 0.3 is 0 Å². The van der Waals surface area contributed by atoms with Crippen LogP contribution in [-0.2, 0) is 6.42 Å². The fourth-order valence-corrected chi connectivity index (χ4v) is 1.96. The standard InChI is InChI=1S/C14H21NO4/c16-10-13(11-17)5-3-1-2-4-12-6-8-14(9-7-12)15(18)19/h6-9,13,16-17H,1-5,10-11H2. The Morgan fingerprint density at radius 1 is 1.05 bits per heavy atom. The minimum absolute atomic E-state index is 0.000579. The van der Waals surface area contributed by atoms with Crippen LogP contribution in [0.1, 0.15) is 31.2 Å². The van der Waals surface area contributed by atoms with Crippen LogP contribution in [0.3, 0.4) is 0 Å². The number of hydrogen-bond donors (Lipinski definition) is 2. The van der Waals surface area contributed by atoms with Crippen LogP contribution in [0, 0.1) is 16.0 Å². The summed E-state index contributed by atoms with van der Waals surface area (Å²) in [5, 5.41) is 28.3. The molecule has 0 radical (unpaired) electrons. The molecule has 0 fully saturated rings. The van der Waals surface area contributed by atoms with E-state index >= 15 is 0 Å². The molecule has 2 N–H and O–H groups in total. The molecule has 106 valence electrons. The Morgan fingerprint density at radius 3 is 2.21 bits per heavy atom. The van der Waals surface area contributed by atoms with Crippen LogP contribution < -0.4 is 0 Å². The Balaban J connectivity index is 2.20. The molecule has 1 rings (SSSR count). The SMILES string of the molecule is O=[N+]([O-])c1ccc(CCCCCC(CO)CO)cc1. The summed E-state index contributed by atoms with van der Waals surface area (Å²) in [6, 6.07) is 6.65. The van der Waals surface area contributed by atoms with Crippen molar-refractivity contribution in [2.75, 3.05) is 13.2 Å². The van der Waals surface area contributed by atoms with Crippen molar-refractivity contribution in [3.05, 3.63) is 39.9 Å². The van der Waals surface area contributed by atoms with Gasteiger partial charge in [0.2, 0.25) is 0 Å². The lowest BCUT2D eigenvalue weighted by molar-refractivity contribution is -0.384. The van der Waals surface area contributed by atoms with Gasteiger partial charge in [-0.05, 0) is 24.8 Å². The lowest BCUT2D eigenvalue weighted by Gasteiger charge is -2.09. The Labute approximate surface area is 113 Å². The quantitative estimate of drug-likeness (QED) is 0.408. The number of aryl methyl sites for hydroxylation is 1. The fraction of sp³-hybridized carbons (Fsp3) is 0.571. The van der Waals surface area contributed by atoms with E-state index in [4.69, 9.17) is 10.2 Å². The first-order chi connectivity index (χ1) is 9.17. The van der Waals surface area contributed by atoms with E-state index in [0.717, 1.165) is 37.7 Å². The maximum atomic E-state index is 10.5. The molecule has 0 spiro atoms. The molecule has 0 atom stereocenters. The third kappa shape index (κ3) is 5.81. The van der Waals surface area contributed by atoms with Gasteiger partial charge in [-0.15, -0.1) is 0 Å². The molecule has 5 nitrogen and oxygen atoms in total. The van der Waals surface area contributed by atoms with Crippen LogP contribution in [0.2, 0.25) is 0 Å². The Bertz CT molecular complexity index is 374. The highest BCUT2D eigenvalue weighted by Crippen LogP contribution is 2.15. The Morgan fingerprint density at radius 2 is 1.68 bits per heavy atom. The lowest BCUT2D eigenvalue weighted by atomic mass is 10.0. The van der Waals surface area contributed by atoms with E-state index in [-0.39, 0.29) is 24.8 Å². The number of nitro benzene ring substituents is 1. The molecule has 0 saturated heterocycles. The number of nitro groups is 1. The number of aliphatic hydroxyl groups excluding tert-OH is 2. The van der Waals surface area contributed by atoms with Crippen molar-refractivity contribution in [2.24, 2.45) is 5.92 Å². The van der Waals surface area contributed by atoms with Crippen LogP contribution in [0.15, 0.2) is 24.3 Å². The third-order valence-electron chi connectivity index (χ3n) is 3.24. The number of hydrogen-bond acceptors (Lipinski definition) is 4. The van der Waals surface area contributed by atoms with E-state index in [0.29, 0.717) is 0 Å². The summed E-state index contributed by atoms with van der Waals surface area (Å²) in [7, 11) is 0. The van der Waals surface area contributed by atoms with Crippen molar-refractivity contribution in [1.82, 2.24) is 0 Å². The second-order valence-corrected chi connectivity index (χ2v) is 4.75. The Hall–Kier alpha value is -1.46. The molecular weight excluding hydrogens is 246 g/mol. The second kappa shape index (κ2) is 8.61. The highest BCUT2D eigenvalue weighted by molar-refractivity contribution is 5.32. The summed E-state index contributed by atoms with van der Waals surface area (Å²) in [6.07, 6.45) is 4.78. The maximum absolute atomic E-state index is 10.5. The summed E-state index contributed by atoms with van der Waals surface area (Å²) in [4.78, 5) is 10.1. The molecule has 0 aliphatic rings. The molecule has 0 heterocycles. The monoisotopic (exact) mass is 267 g/mol. The minimum atomic E-state index is -0.395. The molecule has 0 aliphatic carbocycles. The predicted octanol–water partition coefficient (Wildman–Crippen LogP) is 2.30. The van der Waals surface area contributed by atoms with Gasteiger partial charge < -0.3 is 10.2 Å². The van der Waals surface area contributed by atoms with Gasteiger partial charge in [0.15, 0.2) is 0 Å². The van der Waals surface area contributed by atoms with Crippen LogP contribution >= 0.6 is 0 Å². The summed E-state index contributed by atoms with van der Waals surface area (Å²) in [5.74, 6) is -0.000579. The van der Waals surface area contributed by atoms with Crippen LogP contribution in [0.5, 0.6) is 0 Å². The number of unbranched alkanes of at least 4 members (excludes halogenated alkanes) is 2. The summed E-state index contributed by atoms with van der Waals surface area (Å²) in [6.45, 7) is 0.0811. The highest BCUT2D eigenvalue weighted by atomic mass is 16.6. The number of rotatable bonds is 9. The lowest BCUT2D eigenvalue weighted by Crippen LogP contribution is -2.10. The van der Waals surface area contributed by atoms with E-state index in [2.05, 4.69) is 0 Å². The van der Waals surface area contributed by atoms with Crippen molar-refractivity contribution in [2.45, 2.75) is 32.1 Å². The molecular formula is C14H21NO4. The maximum Gasteiger partial charge on any atom is 0.269 e. The largest absolute Gasteiger partial charge is 0.396 e. The van der Waals surface area contributed by atoms with Gasteiger partial charge in [-0.2, -0.15) is 0 Å². The van der Waals surface area contributed by atoms with Gasteiger partial charge in [-0.25, -0.2) is 0 Å². The van der Waals surface area contributed by atoms with Crippen molar-refractivity contribution in [3.8, 4) is 0 Å². The molecule has 0 saturated carbocycles. The first-order valence-corrected chi connectivity index (χ1v) is 6.62. The number of nitrogens with zero attached hydrogens (tertiary/aromatic N) is 1. The molecule has 1 aromatic carbocycles. The first kappa shape index (κ1) is 15.6. The first-order valence-electron chi connectivity index (χ1n) is 6.62. The smallest absolute Gasteiger partial charge is 0.269 e. The van der Waals surface area contributed by atoms with Crippen molar-refractivity contribution < 1.29 is 15.1 Å². The van der Waals surface area contributed by atoms with Gasteiger partial charge in [-0.3, -0.25) is 10.1 Å². The van der Waals surface area contributed by atoms with Gasteiger partial charge in [0.1, 0.15) is 0 Å². The van der Waals surface area contributed by atoms with Gasteiger partial charge in [0.25, 0.3) is 5.69 Å². The van der Waals surface area contributed by atoms with Crippen molar-refractivity contribution in [3.63, 3.8) is 0 Å². The average Bonchev–Trinajstić information content (AvgIpc) is 2.43. The number of non-ortho nitro benzene ring substituents is 1. The molecule has 0 aliphatic heterocycles. The second-order valence-electron chi connectivity index (χ2n) is 4.75. The van der Waals surface area contributed by atoms with Crippen LogP contribution in [0.4, 0.5) is 5.69 Å². The topological polar surface area (TPSA) is 83.6 Å². The van der Waals surface area contributed by atoms with Crippen LogP contribution in [0.25, 0.3) is 0 Å². The van der Waals surface area contributed by atoms with E-state index in [9.17, 15) is 10.1 Å². The summed E-state index contributed by atoms with van der Waals surface area (Å²) < 4.78 is 0.